The number of hydrogen-bond acceptors (Lipinski definition) is 10. The number of aliphatic hydroxyl groups is 1. The van der Waals surface area contributed by atoms with Crippen molar-refractivity contribution in [2.75, 3.05) is 7.11 Å². The molecule has 1 aromatic rings. The Morgan fingerprint density at radius 1 is 1.30 bits per heavy atom. The van der Waals surface area contributed by atoms with Gasteiger partial charge in [-0.3, -0.25) is 4.79 Å². The van der Waals surface area contributed by atoms with Crippen molar-refractivity contribution in [3.8, 4) is 0 Å². The highest BCUT2D eigenvalue weighted by Gasteiger charge is 2.79. The Morgan fingerprint density at radius 3 is 2.73 bits per heavy atom. The van der Waals surface area contributed by atoms with Crippen LogP contribution in [0.5, 0.6) is 0 Å². The van der Waals surface area contributed by atoms with Crippen molar-refractivity contribution >= 4 is 17.9 Å². The molecule has 1 aliphatic carbocycles. The van der Waals surface area contributed by atoms with Crippen LogP contribution in [-0.4, -0.2) is 65.7 Å². The zero-order valence-electron chi connectivity index (χ0n) is 18.4. The van der Waals surface area contributed by atoms with Crippen LogP contribution in [-0.2, 0) is 33.3 Å². The van der Waals surface area contributed by atoms with E-state index in [1.165, 1.54) is 14.0 Å². The summed E-state index contributed by atoms with van der Waals surface area (Å²) in [6.45, 7) is 7.08. The van der Waals surface area contributed by atoms with E-state index >= 15 is 0 Å². The van der Waals surface area contributed by atoms with Crippen molar-refractivity contribution in [3.63, 3.8) is 0 Å². The topological polar surface area (TPSA) is 137 Å². The Bertz CT molecular complexity index is 1100. The van der Waals surface area contributed by atoms with E-state index in [0.717, 1.165) is 0 Å². The molecule has 0 radical (unpaired) electrons. The maximum Gasteiger partial charge on any atom is 0.345 e. The number of ether oxygens (including phenoxy) is 5. The van der Waals surface area contributed by atoms with Crippen LogP contribution in [0.15, 0.2) is 22.6 Å². The molecule has 4 bridgehead atoms. The first-order valence-corrected chi connectivity index (χ1v) is 10.9. The number of aliphatic hydroxyl groups excluding tert-OH is 1. The number of esters is 3. The molecule has 10 nitrogen and oxygen atoms in total. The van der Waals surface area contributed by atoms with Gasteiger partial charge in [-0.25, -0.2) is 9.59 Å². The van der Waals surface area contributed by atoms with Crippen LogP contribution >= 0.6 is 0 Å². The fourth-order valence-corrected chi connectivity index (χ4v) is 5.89. The number of carbonyl (C=O) groups is 3. The average Bonchev–Trinajstić information content (AvgIpc) is 3.59. The number of hydrogen-bond donors (Lipinski definition) is 1. The number of furan rings is 1. The molecule has 33 heavy (non-hydrogen) atoms. The van der Waals surface area contributed by atoms with Gasteiger partial charge in [0.25, 0.3) is 0 Å². The van der Waals surface area contributed by atoms with E-state index in [1.807, 2.05) is 6.92 Å². The van der Waals surface area contributed by atoms with Gasteiger partial charge in [-0.1, -0.05) is 6.58 Å². The average molecular weight is 460 g/mol. The van der Waals surface area contributed by atoms with Crippen molar-refractivity contribution in [1.29, 1.82) is 0 Å². The van der Waals surface area contributed by atoms with E-state index in [1.54, 1.807) is 6.07 Å². The maximum absolute atomic E-state index is 12.9. The summed E-state index contributed by atoms with van der Waals surface area (Å²) in [7, 11) is 1.27. The fraction of sp³-hybridized carbons (Fsp3) is 0.609. The lowest BCUT2D eigenvalue weighted by atomic mass is 9.62. The Labute approximate surface area is 188 Å². The highest BCUT2D eigenvalue weighted by molar-refractivity contribution is 5.91. The monoisotopic (exact) mass is 460 g/mol. The van der Waals surface area contributed by atoms with E-state index in [0.29, 0.717) is 17.8 Å². The van der Waals surface area contributed by atoms with Gasteiger partial charge in [-0.15, -0.1) is 0 Å². The molecule has 1 saturated carbocycles. The van der Waals surface area contributed by atoms with Gasteiger partial charge in [-0.2, -0.15) is 0 Å². The van der Waals surface area contributed by atoms with Gasteiger partial charge in [0.1, 0.15) is 47.1 Å². The van der Waals surface area contributed by atoms with Crippen molar-refractivity contribution < 1.29 is 47.6 Å². The van der Waals surface area contributed by atoms with Gasteiger partial charge in [0.2, 0.25) is 5.60 Å². The quantitative estimate of drug-likeness (QED) is 0.298. The Hall–Kier alpha value is -2.69. The zero-order chi connectivity index (χ0) is 23.4. The number of carbonyl (C=O) groups excluding carboxylic acids is 3. The summed E-state index contributed by atoms with van der Waals surface area (Å²) in [5.41, 5.74) is -1.41. The number of methoxy groups -OCH3 is 1. The highest BCUT2D eigenvalue weighted by Crippen LogP contribution is 2.61. The normalized spacial score (nSPS) is 44.4. The van der Waals surface area contributed by atoms with E-state index in [4.69, 9.17) is 28.1 Å². The molecule has 5 heterocycles. The van der Waals surface area contributed by atoms with Gasteiger partial charge in [0, 0.05) is 13.3 Å². The molecule has 176 valence electrons. The van der Waals surface area contributed by atoms with Gasteiger partial charge in [-0.05, 0) is 30.9 Å². The third kappa shape index (κ3) is 2.68. The molecule has 4 aliphatic heterocycles. The van der Waals surface area contributed by atoms with Crippen LogP contribution in [0.4, 0.5) is 0 Å². The Kier molecular flexibility index (Phi) is 4.09. The molecule has 9 atom stereocenters. The van der Waals surface area contributed by atoms with Gasteiger partial charge < -0.3 is 33.2 Å². The van der Waals surface area contributed by atoms with Gasteiger partial charge in [0.15, 0.2) is 0 Å². The molecule has 0 aromatic carbocycles. The van der Waals surface area contributed by atoms with Crippen molar-refractivity contribution in [2.45, 2.75) is 74.3 Å². The first-order chi connectivity index (χ1) is 15.6. The minimum Gasteiger partial charge on any atom is -0.465 e. The summed E-state index contributed by atoms with van der Waals surface area (Å²) < 4.78 is 34.0. The first-order valence-electron chi connectivity index (χ1n) is 10.9. The lowest BCUT2D eigenvalue weighted by Crippen LogP contribution is -2.48. The molecule has 1 N–H and O–H groups in total. The summed E-state index contributed by atoms with van der Waals surface area (Å²) in [5.74, 6) is -2.14. The number of rotatable bonds is 2. The SMILES string of the molecule is C=C1[C@@H](O)[C@H]2c3oc(cc3C(=O)OC)[C@@H]3O[C@@]3(C)C[C@H]3OC(=O)[C@@]4(O[C@H]34)[C@@H](OC(C)=O)C[C@H]12. The second-order valence-electron chi connectivity index (χ2n) is 9.69. The molecule has 0 amide bonds. The third-order valence-corrected chi connectivity index (χ3v) is 7.72. The van der Waals surface area contributed by atoms with Crippen LogP contribution < -0.4 is 0 Å². The standard InChI is InChI=1S/C23H24O10/c1-8-10-6-14(29-9(2)24)23-19(33-23)13(31-21(23)27)7-22(3)18(32-22)12-5-11(20(26)28-4)17(30-12)15(10)16(8)25/h5,10,13-16,18-19,25H,1,6-7H2,2-4H3/t10-,13-,14+,15+,16-,18+,19-,22+,23-/m1/s1. The summed E-state index contributed by atoms with van der Waals surface area (Å²) in [6.07, 6.45) is -3.05. The van der Waals surface area contributed by atoms with Gasteiger partial charge in [0.05, 0.1) is 19.1 Å². The number of fused-ring (bicyclic) bond motifs is 6. The van der Waals surface area contributed by atoms with Crippen LogP contribution in [0.2, 0.25) is 0 Å². The molecule has 1 aromatic heterocycles. The van der Waals surface area contributed by atoms with Crippen molar-refractivity contribution in [1.82, 2.24) is 0 Å². The second-order valence-corrected chi connectivity index (χ2v) is 9.69. The minimum atomic E-state index is -1.39. The zero-order valence-corrected chi connectivity index (χ0v) is 18.4. The molecule has 6 rings (SSSR count). The molecule has 0 spiro atoms. The van der Waals surface area contributed by atoms with Crippen LogP contribution in [0, 0.1) is 5.92 Å². The molecular formula is C23H24O10. The number of epoxide rings is 2. The van der Waals surface area contributed by atoms with Crippen LogP contribution in [0.3, 0.4) is 0 Å². The summed E-state index contributed by atoms with van der Waals surface area (Å²) in [5, 5.41) is 10.8. The molecule has 5 aliphatic rings. The first kappa shape index (κ1) is 20.9. The fourth-order valence-electron chi connectivity index (χ4n) is 5.89. The summed E-state index contributed by atoms with van der Waals surface area (Å²) >= 11 is 0. The van der Waals surface area contributed by atoms with E-state index in [2.05, 4.69) is 6.58 Å². The van der Waals surface area contributed by atoms with E-state index in [-0.39, 0.29) is 17.7 Å². The van der Waals surface area contributed by atoms with Crippen LogP contribution in [0.25, 0.3) is 0 Å². The highest BCUT2D eigenvalue weighted by atomic mass is 16.7. The summed E-state index contributed by atoms with van der Waals surface area (Å²) in [6, 6.07) is 1.58. The second kappa shape index (κ2) is 6.46. The third-order valence-electron chi connectivity index (χ3n) is 7.72. The Morgan fingerprint density at radius 2 is 2.06 bits per heavy atom. The molecule has 3 saturated heterocycles. The van der Waals surface area contributed by atoms with Crippen molar-refractivity contribution in [2.24, 2.45) is 5.92 Å². The predicted molar refractivity (Wildman–Crippen MR) is 106 cm³/mol. The molecule has 4 fully saturated rings. The van der Waals surface area contributed by atoms with Crippen LogP contribution in [0.1, 0.15) is 60.6 Å². The predicted octanol–water partition coefficient (Wildman–Crippen LogP) is 1.32. The van der Waals surface area contributed by atoms with Crippen molar-refractivity contribution in [3.05, 3.63) is 35.3 Å². The molecule has 10 heteroatoms. The minimum absolute atomic E-state index is 0.145. The molecular weight excluding hydrogens is 436 g/mol. The maximum atomic E-state index is 12.9. The largest absolute Gasteiger partial charge is 0.465 e. The molecule has 0 unspecified atom stereocenters. The van der Waals surface area contributed by atoms with E-state index < -0.39 is 71.5 Å². The van der Waals surface area contributed by atoms with E-state index in [9.17, 15) is 19.5 Å². The summed E-state index contributed by atoms with van der Waals surface area (Å²) in [4.78, 5) is 37.4. The smallest absolute Gasteiger partial charge is 0.345 e. The lowest BCUT2D eigenvalue weighted by Gasteiger charge is -2.44. The lowest BCUT2D eigenvalue weighted by molar-refractivity contribution is -0.166. The van der Waals surface area contributed by atoms with Gasteiger partial charge >= 0.3 is 17.9 Å². The Balaban J connectivity index is 1.47.